The van der Waals surface area contributed by atoms with Gasteiger partial charge in [0, 0.05) is 37.2 Å². The summed E-state index contributed by atoms with van der Waals surface area (Å²) in [5, 5.41) is 4.26. The lowest BCUT2D eigenvalue weighted by molar-refractivity contribution is 0.0501. The van der Waals surface area contributed by atoms with Crippen LogP contribution in [0.2, 0.25) is 0 Å². The van der Waals surface area contributed by atoms with Crippen molar-refractivity contribution in [2.24, 2.45) is 0 Å². The van der Waals surface area contributed by atoms with E-state index in [-0.39, 0.29) is 11.9 Å². The zero-order valence-electron chi connectivity index (χ0n) is 11.6. The van der Waals surface area contributed by atoms with Gasteiger partial charge in [-0.1, -0.05) is 0 Å². The SMILES string of the molecule is O=C(c1ccc2nccnc2c1)N1CC(n2cc(Br)cn2)C1. The second-order valence-corrected chi connectivity index (χ2v) is 6.18. The fourth-order valence-corrected chi connectivity index (χ4v) is 2.88. The highest BCUT2D eigenvalue weighted by molar-refractivity contribution is 9.10. The molecule has 3 heterocycles. The lowest BCUT2D eigenvalue weighted by Gasteiger charge is -2.39. The molecule has 1 aliphatic rings. The second kappa shape index (κ2) is 5.17. The van der Waals surface area contributed by atoms with Crippen LogP contribution in [0, 0.1) is 0 Å². The van der Waals surface area contributed by atoms with E-state index in [1.807, 2.05) is 21.8 Å². The number of hydrogen-bond acceptors (Lipinski definition) is 4. The van der Waals surface area contributed by atoms with Crippen LogP contribution in [0.1, 0.15) is 16.4 Å². The third-order valence-corrected chi connectivity index (χ3v) is 4.22. The van der Waals surface area contributed by atoms with Crippen LogP contribution >= 0.6 is 15.9 Å². The van der Waals surface area contributed by atoms with E-state index in [0.29, 0.717) is 18.7 Å². The minimum atomic E-state index is 0.0232. The first-order chi connectivity index (χ1) is 10.7. The molecule has 0 radical (unpaired) electrons. The molecule has 7 heteroatoms. The van der Waals surface area contributed by atoms with Crippen LogP contribution < -0.4 is 0 Å². The summed E-state index contributed by atoms with van der Waals surface area (Å²) < 4.78 is 2.84. The molecule has 0 aliphatic carbocycles. The number of benzene rings is 1. The molecule has 0 saturated carbocycles. The summed E-state index contributed by atoms with van der Waals surface area (Å²) in [6.07, 6.45) is 6.96. The number of halogens is 1. The van der Waals surface area contributed by atoms with E-state index < -0.39 is 0 Å². The molecule has 0 unspecified atom stereocenters. The number of rotatable bonds is 2. The molecule has 1 fully saturated rings. The quantitative estimate of drug-likeness (QED) is 0.705. The number of fused-ring (bicyclic) bond motifs is 1. The third kappa shape index (κ3) is 2.27. The number of amides is 1. The van der Waals surface area contributed by atoms with Gasteiger partial charge in [0.2, 0.25) is 0 Å². The Morgan fingerprint density at radius 3 is 2.68 bits per heavy atom. The number of carbonyl (C=O) groups excluding carboxylic acids is 1. The van der Waals surface area contributed by atoms with E-state index in [1.165, 1.54) is 0 Å². The molecule has 2 aromatic heterocycles. The van der Waals surface area contributed by atoms with Gasteiger partial charge in [0.15, 0.2) is 0 Å². The third-order valence-electron chi connectivity index (χ3n) is 3.81. The second-order valence-electron chi connectivity index (χ2n) is 5.26. The Labute approximate surface area is 134 Å². The van der Waals surface area contributed by atoms with Crippen LogP contribution in [0.3, 0.4) is 0 Å². The largest absolute Gasteiger partial charge is 0.334 e. The van der Waals surface area contributed by atoms with Crippen LogP contribution in [0.15, 0.2) is 47.5 Å². The van der Waals surface area contributed by atoms with Gasteiger partial charge < -0.3 is 4.90 Å². The van der Waals surface area contributed by atoms with Gasteiger partial charge in [-0.15, -0.1) is 0 Å². The van der Waals surface area contributed by atoms with E-state index in [4.69, 9.17) is 0 Å². The van der Waals surface area contributed by atoms with Crippen LogP contribution in [0.25, 0.3) is 11.0 Å². The number of carbonyl (C=O) groups is 1. The zero-order chi connectivity index (χ0) is 15.1. The molecule has 6 nitrogen and oxygen atoms in total. The van der Waals surface area contributed by atoms with Crippen molar-refractivity contribution in [1.29, 1.82) is 0 Å². The first-order valence-electron chi connectivity index (χ1n) is 6.90. The molecule has 4 rings (SSSR count). The molecule has 1 amide bonds. The van der Waals surface area contributed by atoms with Crippen LogP contribution in [-0.2, 0) is 0 Å². The predicted molar refractivity (Wildman–Crippen MR) is 84.4 cm³/mol. The fraction of sp³-hybridized carbons (Fsp3) is 0.200. The highest BCUT2D eigenvalue weighted by Crippen LogP contribution is 2.24. The van der Waals surface area contributed by atoms with E-state index in [0.717, 1.165) is 15.5 Å². The number of aromatic nitrogens is 4. The Hall–Kier alpha value is -2.28. The Kier molecular flexibility index (Phi) is 3.15. The van der Waals surface area contributed by atoms with Crippen molar-refractivity contribution in [1.82, 2.24) is 24.6 Å². The summed E-state index contributed by atoms with van der Waals surface area (Å²) in [6, 6.07) is 5.67. The first kappa shape index (κ1) is 13.4. The van der Waals surface area contributed by atoms with Gasteiger partial charge in [0.1, 0.15) is 0 Å². The highest BCUT2D eigenvalue weighted by atomic mass is 79.9. The summed E-state index contributed by atoms with van der Waals surface area (Å²) in [5.41, 5.74) is 2.18. The van der Waals surface area contributed by atoms with Crippen molar-refractivity contribution in [3.05, 3.63) is 53.0 Å². The Bertz CT molecular complexity index is 856. The Morgan fingerprint density at radius 2 is 1.95 bits per heavy atom. The topological polar surface area (TPSA) is 63.9 Å². The van der Waals surface area contributed by atoms with Gasteiger partial charge in [-0.2, -0.15) is 5.10 Å². The fourth-order valence-electron chi connectivity index (χ4n) is 2.58. The smallest absolute Gasteiger partial charge is 0.254 e. The first-order valence-corrected chi connectivity index (χ1v) is 7.70. The molecular weight excluding hydrogens is 346 g/mol. The van der Waals surface area contributed by atoms with E-state index in [9.17, 15) is 4.79 Å². The summed E-state index contributed by atoms with van der Waals surface area (Å²) in [5.74, 6) is 0.0232. The highest BCUT2D eigenvalue weighted by Gasteiger charge is 2.33. The minimum Gasteiger partial charge on any atom is -0.334 e. The number of likely N-dealkylation sites (tertiary alicyclic amines) is 1. The van der Waals surface area contributed by atoms with E-state index >= 15 is 0 Å². The number of nitrogens with zero attached hydrogens (tertiary/aromatic N) is 5. The normalized spacial score (nSPS) is 15.0. The maximum absolute atomic E-state index is 12.5. The molecule has 0 N–H and O–H groups in total. The van der Waals surface area contributed by atoms with Crippen molar-refractivity contribution >= 4 is 32.9 Å². The van der Waals surface area contributed by atoms with Crippen molar-refractivity contribution in [2.45, 2.75) is 6.04 Å². The standard InChI is InChI=1S/C15H12BrN5O/c16-11-6-19-21(7-11)12-8-20(9-12)15(22)10-1-2-13-14(5-10)18-4-3-17-13/h1-7,12H,8-9H2. The van der Waals surface area contributed by atoms with Gasteiger partial charge in [-0.3, -0.25) is 19.4 Å². The Morgan fingerprint density at radius 1 is 1.18 bits per heavy atom. The summed E-state index contributed by atoms with van der Waals surface area (Å²) >= 11 is 3.38. The summed E-state index contributed by atoms with van der Waals surface area (Å²) in [6.45, 7) is 1.34. The molecule has 1 aromatic carbocycles. The average Bonchev–Trinajstić information content (AvgIpc) is 2.91. The molecule has 0 spiro atoms. The van der Waals surface area contributed by atoms with Gasteiger partial charge in [-0.25, -0.2) is 0 Å². The van der Waals surface area contributed by atoms with Crippen molar-refractivity contribution < 1.29 is 4.79 Å². The van der Waals surface area contributed by atoms with Crippen molar-refractivity contribution in [3.8, 4) is 0 Å². The van der Waals surface area contributed by atoms with Gasteiger partial charge in [0.25, 0.3) is 5.91 Å². The van der Waals surface area contributed by atoms with Crippen LogP contribution in [0.4, 0.5) is 0 Å². The zero-order valence-corrected chi connectivity index (χ0v) is 13.1. The van der Waals surface area contributed by atoms with Crippen molar-refractivity contribution in [3.63, 3.8) is 0 Å². The monoisotopic (exact) mass is 357 g/mol. The van der Waals surface area contributed by atoms with Crippen LogP contribution in [-0.4, -0.2) is 43.6 Å². The van der Waals surface area contributed by atoms with Crippen LogP contribution in [0.5, 0.6) is 0 Å². The minimum absolute atomic E-state index is 0.0232. The molecule has 3 aromatic rings. The lowest BCUT2D eigenvalue weighted by Crippen LogP contribution is -2.50. The summed E-state index contributed by atoms with van der Waals surface area (Å²) in [7, 11) is 0. The number of hydrogen-bond donors (Lipinski definition) is 0. The Balaban J connectivity index is 1.50. The van der Waals surface area contributed by atoms with Gasteiger partial charge in [0.05, 0.1) is 27.7 Å². The maximum atomic E-state index is 12.5. The summed E-state index contributed by atoms with van der Waals surface area (Å²) in [4.78, 5) is 22.8. The lowest BCUT2D eigenvalue weighted by atomic mass is 10.1. The van der Waals surface area contributed by atoms with Crippen molar-refractivity contribution in [2.75, 3.05) is 13.1 Å². The van der Waals surface area contributed by atoms with E-state index in [2.05, 4.69) is 31.0 Å². The molecule has 0 bridgehead atoms. The van der Waals surface area contributed by atoms with Gasteiger partial charge in [-0.05, 0) is 34.1 Å². The molecule has 110 valence electrons. The average molecular weight is 358 g/mol. The predicted octanol–water partition coefficient (Wildman–Crippen LogP) is 2.29. The maximum Gasteiger partial charge on any atom is 0.254 e. The molecule has 1 saturated heterocycles. The molecule has 22 heavy (non-hydrogen) atoms. The molecule has 0 atom stereocenters. The molecule has 1 aliphatic heterocycles. The molecular formula is C15H12BrN5O. The van der Waals surface area contributed by atoms with E-state index in [1.54, 1.807) is 30.7 Å². The van der Waals surface area contributed by atoms with Gasteiger partial charge >= 0.3 is 0 Å².